The Kier molecular flexibility index (Phi) is 6.40. The van der Waals surface area contributed by atoms with E-state index in [1.807, 2.05) is 63.2 Å². The number of hydrogen-bond acceptors (Lipinski definition) is 5. The Morgan fingerprint density at radius 1 is 1.16 bits per heavy atom. The number of carbonyl (C=O) groups is 3. The van der Waals surface area contributed by atoms with E-state index in [0.29, 0.717) is 12.8 Å². The van der Waals surface area contributed by atoms with E-state index < -0.39 is 23.8 Å². The number of rotatable bonds is 5. The number of nitrogens with zero attached hydrogens (tertiary/aromatic N) is 2. The summed E-state index contributed by atoms with van der Waals surface area (Å²) >= 11 is 0. The minimum Gasteiger partial charge on any atom is -0.444 e. The molecular weight excluding hydrogens is 468 g/mol. The predicted molar refractivity (Wildman–Crippen MR) is 138 cm³/mol. The number of benzene rings is 2. The molecule has 2 bridgehead atoms. The number of hydrogen-bond donors (Lipinski definition) is 2. The molecule has 3 aliphatic rings. The van der Waals surface area contributed by atoms with Gasteiger partial charge >= 0.3 is 6.09 Å². The standard InChI is InChI=1S/C29H32N4O4/c1-29(2,3)37-28(36)33-23-11-10-21(13-23)26(33)27(35)31-22(16-30)12-17-4-6-18(7-5-17)19-8-9-20-15-25(34)32-24(20)14-19/h4-9,14,21-23,26H,10-13,15H2,1-3H3,(H,31,35)(H,32,34)/t21-,22-,23+,26-/m0/s1. The van der Waals surface area contributed by atoms with Gasteiger partial charge in [-0.15, -0.1) is 0 Å². The van der Waals surface area contributed by atoms with Crippen LogP contribution in [0.3, 0.4) is 0 Å². The fraction of sp³-hybridized carbons (Fsp3) is 0.448. The smallest absolute Gasteiger partial charge is 0.411 e. The topological polar surface area (TPSA) is 112 Å². The molecule has 1 saturated carbocycles. The largest absolute Gasteiger partial charge is 0.444 e. The minimum absolute atomic E-state index is 0.00624. The molecule has 2 heterocycles. The first-order valence-corrected chi connectivity index (χ1v) is 12.8. The van der Waals surface area contributed by atoms with Gasteiger partial charge in [0, 0.05) is 18.2 Å². The van der Waals surface area contributed by atoms with Gasteiger partial charge in [0.15, 0.2) is 0 Å². The van der Waals surface area contributed by atoms with Crippen molar-refractivity contribution >= 4 is 23.6 Å². The van der Waals surface area contributed by atoms with Crippen LogP contribution < -0.4 is 10.6 Å². The van der Waals surface area contributed by atoms with Crippen LogP contribution in [0.5, 0.6) is 0 Å². The van der Waals surface area contributed by atoms with Crippen molar-refractivity contribution in [1.29, 1.82) is 5.26 Å². The second-order valence-corrected chi connectivity index (χ2v) is 11.2. The number of anilines is 1. The summed E-state index contributed by atoms with van der Waals surface area (Å²) in [7, 11) is 0. The van der Waals surface area contributed by atoms with Gasteiger partial charge in [-0.3, -0.25) is 14.5 Å². The lowest BCUT2D eigenvalue weighted by molar-refractivity contribution is -0.128. The van der Waals surface area contributed by atoms with Crippen molar-refractivity contribution < 1.29 is 19.1 Å². The van der Waals surface area contributed by atoms with Gasteiger partial charge < -0.3 is 15.4 Å². The van der Waals surface area contributed by atoms with E-state index in [1.54, 1.807) is 4.90 Å². The third kappa shape index (κ3) is 5.17. The first-order chi connectivity index (χ1) is 17.6. The van der Waals surface area contributed by atoms with Crippen molar-refractivity contribution in [2.24, 2.45) is 5.92 Å². The molecule has 3 amide bonds. The predicted octanol–water partition coefficient (Wildman–Crippen LogP) is 4.19. The lowest BCUT2D eigenvalue weighted by Gasteiger charge is -2.35. The summed E-state index contributed by atoms with van der Waals surface area (Å²) in [6, 6.07) is 14.7. The van der Waals surface area contributed by atoms with E-state index in [1.165, 1.54) is 0 Å². The van der Waals surface area contributed by atoms with Gasteiger partial charge in [-0.2, -0.15) is 5.26 Å². The van der Waals surface area contributed by atoms with Crippen molar-refractivity contribution in [3.05, 3.63) is 53.6 Å². The fourth-order valence-corrected chi connectivity index (χ4v) is 5.75. The van der Waals surface area contributed by atoms with Crippen molar-refractivity contribution in [2.75, 3.05) is 5.32 Å². The van der Waals surface area contributed by atoms with E-state index in [-0.39, 0.29) is 23.8 Å². The van der Waals surface area contributed by atoms with Crippen LogP contribution in [-0.4, -0.2) is 46.5 Å². The Hall–Kier alpha value is -3.86. The Bertz CT molecular complexity index is 1270. The van der Waals surface area contributed by atoms with Crippen LogP contribution in [0.4, 0.5) is 10.5 Å². The number of piperidine rings is 1. The van der Waals surface area contributed by atoms with Gasteiger partial charge in [0.25, 0.3) is 0 Å². The minimum atomic E-state index is -0.715. The van der Waals surface area contributed by atoms with Crippen LogP contribution in [0.2, 0.25) is 0 Å². The number of amides is 3. The average Bonchev–Trinajstić information content (AvgIpc) is 3.56. The Morgan fingerprint density at radius 3 is 2.59 bits per heavy atom. The molecule has 2 N–H and O–H groups in total. The second-order valence-electron chi connectivity index (χ2n) is 11.2. The maximum absolute atomic E-state index is 13.3. The summed E-state index contributed by atoms with van der Waals surface area (Å²) < 4.78 is 5.58. The van der Waals surface area contributed by atoms with Crippen molar-refractivity contribution in [3.8, 4) is 17.2 Å². The van der Waals surface area contributed by atoms with Crippen molar-refractivity contribution in [3.63, 3.8) is 0 Å². The summed E-state index contributed by atoms with van der Waals surface area (Å²) in [5, 5.41) is 15.5. The van der Waals surface area contributed by atoms with Crippen LogP contribution >= 0.6 is 0 Å². The molecule has 1 aliphatic carbocycles. The summed E-state index contributed by atoms with van der Waals surface area (Å²) in [5.41, 5.74) is 4.12. The summed E-state index contributed by atoms with van der Waals surface area (Å²) in [4.78, 5) is 39.4. The molecule has 8 nitrogen and oxygen atoms in total. The van der Waals surface area contributed by atoms with Crippen LogP contribution in [0.1, 0.15) is 51.2 Å². The molecule has 2 aromatic rings. The summed E-state index contributed by atoms with van der Waals surface area (Å²) in [5.74, 6) is -0.193. The van der Waals surface area contributed by atoms with E-state index >= 15 is 0 Å². The Balaban J connectivity index is 1.24. The van der Waals surface area contributed by atoms with Gasteiger partial charge in [-0.1, -0.05) is 36.4 Å². The number of likely N-dealkylation sites (tertiary alicyclic amines) is 1. The van der Waals surface area contributed by atoms with Crippen LogP contribution in [-0.2, 0) is 27.2 Å². The summed E-state index contributed by atoms with van der Waals surface area (Å²) in [6.07, 6.45) is 2.87. The normalized spacial score (nSPS) is 22.7. The number of ether oxygens (including phenoxy) is 1. The molecule has 2 fully saturated rings. The molecule has 0 aromatic heterocycles. The molecule has 0 spiro atoms. The molecule has 2 aromatic carbocycles. The highest BCUT2D eigenvalue weighted by Crippen LogP contribution is 2.43. The van der Waals surface area contributed by atoms with Crippen LogP contribution in [0.15, 0.2) is 42.5 Å². The van der Waals surface area contributed by atoms with Crippen molar-refractivity contribution in [2.45, 2.75) is 76.6 Å². The van der Waals surface area contributed by atoms with Crippen LogP contribution in [0, 0.1) is 17.2 Å². The highest BCUT2D eigenvalue weighted by Gasteiger charge is 2.52. The molecule has 5 rings (SSSR count). The van der Waals surface area contributed by atoms with Gasteiger partial charge in [0.05, 0.1) is 12.5 Å². The third-order valence-electron chi connectivity index (χ3n) is 7.39. The van der Waals surface area contributed by atoms with Gasteiger partial charge in [-0.05, 0) is 74.3 Å². The molecule has 1 saturated heterocycles. The quantitative estimate of drug-likeness (QED) is 0.640. The maximum Gasteiger partial charge on any atom is 0.411 e. The number of nitrogens with one attached hydrogen (secondary N) is 2. The zero-order valence-corrected chi connectivity index (χ0v) is 21.4. The Labute approximate surface area is 217 Å². The molecule has 2 aliphatic heterocycles. The lowest BCUT2D eigenvalue weighted by Crippen LogP contribution is -2.55. The molecule has 0 radical (unpaired) electrons. The van der Waals surface area contributed by atoms with E-state index in [0.717, 1.165) is 47.2 Å². The maximum atomic E-state index is 13.3. The third-order valence-corrected chi connectivity index (χ3v) is 7.39. The zero-order valence-electron chi connectivity index (χ0n) is 21.4. The average molecular weight is 501 g/mol. The number of fused-ring (bicyclic) bond motifs is 3. The molecule has 37 heavy (non-hydrogen) atoms. The number of carbonyl (C=O) groups excluding carboxylic acids is 3. The molecular formula is C29H32N4O4. The highest BCUT2D eigenvalue weighted by atomic mass is 16.6. The van der Waals surface area contributed by atoms with E-state index in [9.17, 15) is 19.6 Å². The zero-order chi connectivity index (χ0) is 26.3. The van der Waals surface area contributed by atoms with Crippen molar-refractivity contribution in [1.82, 2.24) is 10.2 Å². The monoisotopic (exact) mass is 500 g/mol. The van der Waals surface area contributed by atoms with Crippen LogP contribution in [0.25, 0.3) is 11.1 Å². The van der Waals surface area contributed by atoms with E-state index in [4.69, 9.17) is 4.74 Å². The van der Waals surface area contributed by atoms with Gasteiger partial charge in [-0.25, -0.2) is 4.79 Å². The first kappa shape index (κ1) is 24.8. The molecule has 192 valence electrons. The lowest BCUT2D eigenvalue weighted by atomic mass is 9.97. The molecule has 0 unspecified atom stereocenters. The fourth-order valence-electron chi connectivity index (χ4n) is 5.75. The molecule has 8 heteroatoms. The van der Waals surface area contributed by atoms with E-state index in [2.05, 4.69) is 16.7 Å². The van der Waals surface area contributed by atoms with Gasteiger partial charge in [0.1, 0.15) is 17.7 Å². The van der Waals surface area contributed by atoms with Gasteiger partial charge in [0.2, 0.25) is 11.8 Å². The second kappa shape index (κ2) is 9.55. The highest BCUT2D eigenvalue weighted by molar-refractivity contribution is 6.00. The molecule has 4 atom stereocenters. The summed E-state index contributed by atoms with van der Waals surface area (Å²) in [6.45, 7) is 5.44. The SMILES string of the molecule is CC(C)(C)OC(=O)N1[C@@H]2CC[C@@H](C2)[C@H]1C(=O)N[C@H](C#N)Cc1ccc(-c2ccc3c(c2)NC(=O)C3)cc1. The first-order valence-electron chi connectivity index (χ1n) is 12.8. The Morgan fingerprint density at radius 2 is 1.89 bits per heavy atom. The number of nitriles is 1.